The summed E-state index contributed by atoms with van der Waals surface area (Å²) in [6.45, 7) is 0. The summed E-state index contributed by atoms with van der Waals surface area (Å²) >= 11 is 9.37. The van der Waals surface area contributed by atoms with Crippen LogP contribution in [-0.4, -0.2) is 4.83 Å². The van der Waals surface area contributed by atoms with Crippen molar-refractivity contribution in [3.63, 3.8) is 0 Å². The molecule has 0 spiro atoms. The molecule has 1 aromatic rings. The van der Waals surface area contributed by atoms with Gasteiger partial charge in [0.05, 0.1) is 5.02 Å². The zero-order valence-electron chi connectivity index (χ0n) is 8.35. The highest BCUT2D eigenvalue weighted by atomic mass is 79.9. The summed E-state index contributed by atoms with van der Waals surface area (Å²) < 4.78 is 13.5. The van der Waals surface area contributed by atoms with Crippen molar-refractivity contribution in [1.29, 1.82) is 0 Å². The highest BCUT2D eigenvalue weighted by Crippen LogP contribution is 2.38. The van der Waals surface area contributed by atoms with Crippen molar-refractivity contribution < 1.29 is 4.39 Å². The molecule has 15 heavy (non-hydrogen) atoms. The summed E-state index contributed by atoms with van der Waals surface area (Å²) in [5.41, 5.74) is 0.729. The average Bonchev–Trinajstić information content (AvgIpc) is 3.03. The fraction of sp³-hybridized carbons (Fsp3) is 0.500. The summed E-state index contributed by atoms with van der Waals surface area (Å²) in [7, 11) is 0. The minimum Gasteiger partial charge on any atom is -0.205 e. The van der Waals surface area contributed by atoms with Crippen LogP contribution in [0.4, 0.5) is 4.39 Å². The molecule has 0 nitrogen and oxygen atoms in total. The standard InChI is InChI=1S/C12H13BrClF/c13-10(8-4-5-8)7-6-9-2-1-3-11(14)12(9)15/h1-3,8,10H,4-7H2. The Kier molecular flexibility index (Phi) is 3.68. The third kappa shape index (κ3) is 2.94. The van der Waals surface area contributed by atoms with Gasteiger partial charge in [-0.15, -0.1) is 0 Å². The number of benzene rings is 1. The molecular weight excluding hydrogens is 278 g/mol. The minimum absolute atomic E-state index is 0.227. The second kappa shape index (κ2) is 4.84. The van der Waals surface area contributed by atoms with E-state index in [0.717, 1.165) is 24.3 Å². The molecule has 0 aromatic heterocycles. The van der Waals surface area contributed by atoms with Gasteiger partial charge in [-0.2, -0.15) is 0 Å². The highest BCUT2D eigenvalue weighted by molar-refractivity contribution is 9.09. The van der Waals surface area contributed by atoms with Gasteiger partial charge in [-0.1, -0.05) is 39.7 Å². The second-order valence-electron chi connectivity index (χ2n) is 4.11. The first kappa shape index (κ1) is 11.4. The fourth-order valence-corrected chi connectivity index (χ4v) is 2.68. The van der Waals surface area contributed by atoms with Crippen molar-refractivity contribution in [3.05, 3.63) is 34.6 Å². The summed E-state index contributed by atoms with van der Waals surface area (Å²) in [5, 5.41) is 0.227. The Morgan fingerprint density at radius 2 is 2.20 bits per heavy atom. The van der Waals surface area contributed by atoms with Gasteiger partial charge in [-0.05, 0) is 43.2 Å². The van der Waals surface area contributed by atoms with Gasteiger partial charge in [0.2, 0.25) is 0 Å². The number of aryl methyl sites for hydroxylation is 1. The molecule has 1 aliphatic rings. The SMILES string of the molecule is Fc1c(Cl)cccc1CCC(Br)C1CC1. The van der Waals surface area contributed by atoms with E-state index >= 15 is 0 Å². The molecule has 1 atom stereocenters. The Bertz CT molecular complexity index is 349. The second-order valence-corrected chi connectivity index (χ2v) is 5.69. The first-order valence-corrected chi connectivity index (χ1v) is 6.55. The smallest absolute Gasteiger partial charge is 0.144 e. The topological polar surface area (TPSA) is 0 Å². The van der Waals surface area contributed by atoms with Crippen LogP contribution in [-0.2, 0) is 6.42 Å². The largest absolute Gasteiger partial charge is 0.205 e. The molecule has 2 rings (SSSR count). The van der Waals surface area contributed by atoms with Crippen LogP contribution in [0.5, 0.6) is 0 Å². The predicted molar refractivity (Wildman–Crippen MR) is 65.2 cm³/mol. The first-order chi connectivity index (χ1) is 7.18. The molecule has 3 heteroatoms. The Labute approximate surface area is 103 Å². The Hall–Kier alpha value is -0.0800. The lowest BCUT2D eigenvalue weighted by molar-refractivity contribution is 0.598. The number of hydrogen-bond acceptors (Lipinski definition) is 0. The number of hydrogen-bond donors (Lipinski definition) is 0. The molecule has 0 bridgehead atoms. The Morgan fingerprint density at radius 3 is 2.87 bits per heavy atom. The van der Waals surface area contributed by atoms with Crippen LogP contribution < -0.4 is 0 Å². The van der Waals surface area contributed by atoms with E-state index in [0.29, 0.717) is 4.83 Å². The molecule has 0 aliphatic heterocycles. The van der Waals surface area contributed by atoms with Gasteiger partial charge < -0.3 is 0 Å². The zero-order valence-corrected chi connectivity index (χ0v) is 10.7. The summed E-state index contributed by atoms with van der Waals surface area (Å²) in [5.74, 6) is 0.557. The van der Waals surface area contributed by atoms with Crippen LogP contribution in [0.3, 0.4) is 0 Å². The molecule has 0 saturated heterocycles. The molecule has 1 unspecified atom stereocenters. The normalized spacial score (nSPS) is 17.8. The van der Waals surface area contributed by atoms with Gasteiger partial charge in [0.15, 0.2) is 0 Å². The fourth-order valence-electron chi connectivity index (χ4n) is 1.73. The van der Waals surface area contributed by atoms with Crippen molar-refractivity contribution in [1.82, 2.24) is 0 Å². The summed E-state index contributed by atoms with van der Waals surface area (Å²) in [6.07, 6.45) is 4.38. The molecule has 0 amide bonds. The van der Waals surface area contributed by atoms with Gasteiger partial charge in [0, 0.05) is 4.83 Å². The lowest BCUT2D eigenvalue weighted by atomic mass is 10.1. The van der Waals surface area contributed by atoms with E-state index in [1.807, 2.05) is 6.07 Å². The quantitative estimate of drug-likeness (QED) is 0.712. The monoisotopic (exact) mass is 290 g/mol. The third-order valence-electron chi connectivity index (χ3n) is 2.85. The van der Waals surface area contributed by atoms with Crippen LogP contribution in [0.2, 0.25) is 5.02 Å². The van der Waals surface area contributed by atoms with Crippen LogP contribution in [0.25, 0.3) is 0 Å². The molecule has 1 fully saturated rings. The number of rotatable bonds is 4. The Balaban J connectivity index is 1.95. The average molecular weight is 292 g/mol. The molecule has 1 aromatic carbocycles. The number of halogens is 3. The van der Waals surface area contributed by atoms with Crippen molar-refractivity contribution in [2.24, 2.45) is 5.92 Å². The summed E-state index contributed by atoms with van der Waals surface area (Å²) in [6, 6.07) is 5.21. The maximum Gasteiger partial charge on any atom is 0.144 e. The number of alkyl halides is 1. The third-order valence-corrected chi connectivity index (χ3v) is 4.35. The van der Waals surface area contributed by atoms with E-state index in [2.05, 4.69) is 15.9 Å². The summed E-state index contributed by atoms with van der Waals surface area (Å²) in [4.78, 5) is 0.538. The maximum absolute atomic E-state index is 13.5. The first-order valence-electron chi connectivity index (χ1n) is 5.25. The van der Waals surface area contributed by atoms with E-state index < -0.39 is 0 Å². The van der Waals surface area contributed by atoms with E-state index in [-0.39, 0.29) is 10.8 Å². The lowest BCUT2D eigenvalue weighted by Gasteiger charge is -2.08. The van der Waals surface area contributed by atoms with Crippen LogP contribution >= 0.6 is 27.5 Å². The zero-order chi connectivity index (χ0) is 10.8. The van der Waals surface area contributed by atoms with Crippen molar-refractivity contribution >= 4 is 27.5 Å². The van der Waals surface area contributed by atoms with Crippen LogP contribution in [0.15, 0.2) is 18.2 Å². The van der Waals surface area contributed by atoms with Gasteiger partial charge >= 0.3 is 0 Å². The van der Waals surface area contributed by atoms with E-state index in [1.165, 1.54) is 12.8 Å². The van der Waals surface area contributed by atoms with E-state index in [4.69, 9.17) is 11.6 Å². The van der Waals surface area contributed by atoms with Gasteiger partial charge in [0.25, 0.3) is 0 Å². The van der Waals surface area contributed by atoms with Crippen molar-refractivity contribution in [2.75, 3.05) is 0 Å². The molecule has 0 N–H and O–H groups in total. The van der Waals surface area contributed by atoms with Crippen molar-refractivity contribution in [2.45, 2.75) is 30.5 Å². The highest BCUT2D eigenvalue weighted by Gasteiger charge is 2.28. The van der Waals surface area contributed by atoms with E-state index in [1.54, 1.807) is 12.1 Å². The van der Waals surface area contributed by atoms with Crippen LogP contribution in [0.1, 0.15) is 24.8 Å². The molecular formula is C12H13BrClF. The lowest BCUT2D eigenvalue weighted by Crippen LogP contribution is -2.03. The van der Waals surface area contributed by atoms with Gasteiger partial charge in [-0.3, -0.25) is 0 Å². The van der Waals surface area contributed by atoms with Gasteiger partial charge in [0.1, 0.15) is 5.82 Å². The maximum atomic E-state index is 13.5. The molecule has 0 heterocycles. The predicted octanol–water partition coefficient (Wildman–Crippen LogP) is 4.59. The molecule has 1 saturated carbocycles. The van der Waals surface area contributed by atoms with Crippen molar-refractivity contribution in [3.8, 4) is 0 Å². The van der Waals surface area contributed by atoms with Gasteiger partial charge in [-0.25, -0.2) is 4.39 Å². The van der Waals surface area contributed by atoms with E-state index in [9.17, 15) is 4.39 Å². The van der Waals surface area contributed by atoms with Crippen LogP contribution in [0, 0.1) is 11.7 Å². The molecule has 82 valence electrons. The molecule has 1 aliphatic carbocycles. The minimum atomic E-state index is -0.255. The molecule has 0 radical (unpaired) electrons. The Morgan fingerprint density at radius 1 is 1.47 bits per heavy atom.